The van der Waals surface area contributed by atoms with E-state index in [9.17, 15) is 19.2 Å². The van der Waals surface area contributed by atoms with Gasteiger partial charge >= 0.3 is 11.9 Å². The molecule has 3 fully saturated rings. The van der Waals surface area contributed by atoms with Gasteiger partial charge in [-0.1, -0.05) is 64.0 Å². The molecule has 1 unspecified atom stereocenters. The van der Waals surface area contributed by atoms with Crippen molar-refractivity contribution >= 4 is 23.8 Å². The number of amides is 2. The summed E-state index contributed by atoms with van der Waals surface area (Å²) >= 11 is 0. The first-order valence-corrected chi connectivity index (χ1v) is 16.6. The lowest BCUT2D eigenvalue weighted by molar-refractivity contribution is -0.203. The van der Waals surface area contributed by atoms with Crippen molar-refractivity contribution in [2.45, 2.75) is 122 Å². The number of aryl methyl sites for hydroxylation is 1. The summed E-state index contributed by atoms with van der Waals surface area (Å²) < 4.78 is 17.8. The lowest BCUT2D eigenvalue weighted by Crippen LogP contribution is -2.46. The summed E-state index contributed by atoms with van der Waals surface area (Å²) in [5.74, 6) is -2.93. The fraction of sp³-hybridized carbons (Fsp3) is 0.706. The van der Waals surface area contributed by atoms with Crippen molar-refractivity contribution in [2.24, 2.45) is 5.92 Å². The number of likely N-dealkylation sites (tertiary alicyclic amines) is 1. The second kappa shape index (κ2) is 16.9. The van der Waals surface area contributed by atoms with E-state index in [1.54, 1.807) is 7.11 Å². The van der Waals surface area contributed by atoms with E-state index in [4.69, 9.17) is 19.0 Å². The van der Waals surface area contributed by atoms with Crippen LogP contribution in [0.25, 0.3) is 0 Å². The van der Waals surface area contributed by atoms with Crippen LogP contribution in [0.3, 0.4) is 0 Å². The Kier molecular flexibility index (Phi) is 13.0. The molecule has 0 bridgehead atoms. The molecule has 4 atom stereocenters. The Bertz CT molecular complexity index is 1120. The topological polar surface area (TPSA) is 112 Å². The van der Waals surface area contributed by atoms with E-state index in [1.807, 2.05) is 6.92 Å². The van der Waals surface area contributed by atoms with E-state index >= 15 is 0 Å². The molecule has 2 saturated heterocycles. The summed E-state index contributed by atoms with van der Waals surface area (Å²) in [6.07, 6.45) is 10.6. The summed E-state index contributed by atoms with van der Waals surface area (Å²) in [6, 6.07) is 6.52. The van der Waals surface area contributed by atoms with E-state index in [1.165, 1.54) is 5.56 Å². The number of benzene rings is 1. The van der Waals surface area contributed by atoms with Gasteiger partial charge in [0, 0.05) is 32.0 Å². The number of hydrogen-bond donors (Lipinski definition) is 0. The molecule has 2 heterocycles. The van der Waals surface area contributed by atoms with E-state index in [2.05, 4.69) is 30.0 Å². The molecule has 0 N–H and O–H groups in total. The molecule has 1 aromatic carbocycles. The van der Waals surface area contributed by atoms with Gasteiger partial charge in [0.25, 0.3) is 11.8 Å². The highest BCUT2D eigenvalue weighted by atomic mass is 16.7. The number of hydroxylamine groups is 2. The van der Waals surface area contributed by atoms with E-state index in [0.29, 0.717) is 31.1 Å². The van der Waals surface area contributed by atoms with Gasteiger partial charge in [0.15, 0.2) is 5.92 Å². The van der Waals surface area contributed by atoms with E-state index < -0.39 is 29.7 Å². The molecular formula is C34H50N2O8. The van der Waals surface area contributed by atoms with Crippen LogP contribution in [0.4, 0.5) is 0 Å². The van der Waals surface area contributed by atoms with Crippen LogP contribution >= 0.6 is 0 Å². The molecule has 2 amide bonds. The number of esters is 1. The molecule has 10 heteroatoms. The Morgan fingerprint density at radius 1 is 0.977 bits per heavy atom. The Morgan fingerprint density at radius 3 is 2.48 bits per heavy atom. The van der Waals surface area contributed by atoms with Gasteiger partial charge < -0.3 is 19.0 Å². The Hall–Kier alpha value is -2.98. The number of methoxy groups -OCH3 is 1. The van der Waals surface area contributed by atoms with Crippen LogP contribution in [0.1, 0.15) is 102 Å². The third kappa shape index (κ3) is 9.27. The number of imide groups is 1. The second-order valence-corrected chi connectivity index (χ2v) is 12.4. The minimum atomic E-state index is -1.17. The highest BCUT2D eigenvalue weighted by Crippen LogP contribution is 2.30. The maximum absolute atomic E-state index is 13.3. The summed E-state index contributed by atoms with van der Waals surface area (Å²) in [5, 5.41) is 0.509. The SMILES string of the molecule is CCCCCCCC(C(=O)O[C@@H]1CCN([C@@H]2CCCC[C@H]2OCCc2ccc(C)c(OC)c2)C1)C(=O)ON1C(=O)CCC1=O. The minimum absolute atomic E-state index is 0.00271. The average Bonchev–Trinajstić information content (AvgIpc) is 3.61. The molecular weight excluding hydrogens is 564 g/mol. The van der Waals surface area contributed by atoms with E-state index in [-0.39, 0.29) is 37.5 Å². The molecule has 244 valence electrons. The van der Waals surface area contributed by atoms with Crippen molar-refractivity contribution in [3.63, 3.8) is 0 Å². The highest BCUT2D eigenvalue weighted by Gasteiger charge is 2.40. The van der Waals surface area contributed by atoms with E-state index in [0.717, 1.165) is 75.6 Å². The molecule has 10 nitrogen and oxygen atoms in total. The first kappa shape index (κ1) is 33.9. The lowest BCUT2D eigenvalue weighted by atomic mass is 9.91. The average molecular weight is 615 g/mol. The minimum Gasteiger partial charge on any atom is -0.496 e. The van der Waals surface area contributed by atoms with Crippen molar-refractivity contribution in [1.82, 2.24) is 9.96 Å². The zero-order valence-corrected chi connectivity index (χ0v) is 26.7. The van der Waals surface area contributed by atoms with Crippen LogP contribution in [0.2, 0.25) is 0 Å². The van der Waals surface area contributed by atoms with Gasteiger partial charge in [-0.2, -0.15) is 0 Å². The number of unbranched alkanes of at least 4 members (excludes halogenated alkanes) is 4. The fourth-order valence-electron chi connectivity index (χ4n) is 6.53. The van der Waals surface area contributed by atoms with Crippen LogP contribution in [-0.4, -0.2) is 78.8 Å². The van der Waals surface area contributed by atoms with Crippen LogP contribution in [0.15, 0.2) is 18.2 Å². The molecule has 1 aliphatic carbocycles. The first-order chi connectivity index (χ1) is 21.3. The smallest absolute Gasteiger partial charge is 0.347 e. The number of rotatable bonds is 16. The molecule has 0 spiro atoms. The summed E-state index contributed by atoms with van der Waals surface area (Å²) in [7, 11) is 1.69. The molecule has 0 radical (unpaired) electrons. The summed E-state index contributed by atoms with van der Waals surface area (Å²) in [5.41, 5.74) is 2.30. The van der Waals surface area contributed by atoms with Crippen LogP contribution in [-0.2, 0) is 39.9 Å². The van der Waals surface area contributed by atoms with Crippen molar-refractivity contribution in [1.29, 1.82) is 0 Å². The largest absolute Gasteiger partial charge is 0.496 e. The van der Waals surface area contributed by atoms with Crippen LogP contribution in [0.5, 0.6) is 5.75 Å². The Morgan fingerprint density at radius 2 is 1.73 bits per heavy atom. The molecule has 0 aromatic heterocycles. The van der Waals surface area contributed by atoms with Gasteiger partial charge in [-0.25, -0.2) is 4.79 Å². The summed E-state index contributed by atoms with van der Waals surface area (Å²) in [6.45, 7) is 6.17. The van der Waals surface area contributed by atoms with Crippen molar-refractivity contribution in [2.75, 3.05) is 26.8 Å². The predicted octanol–water partition coefficient (Wildman–Crippen LogP) is 5.08. The van der Waals surface area contributed by atoms with Crippen molar-refractivity contribution in [3.05, 3.63) is 29.3 Å². The van der Waals surface area contributed by atoms with Crippen LogP contribution in [0, 0.1) is 12.8 Å². The molecule has 3 aliphatic rings. The monoisotopic (exact) mass is 614 g/mol. The van der Waals surface area contributed by atoms with Gasteiger partial charge in [-0.3, -0.25) is 19.3 Å². The lowest BCUT2D eigenvalue weighted by Gasteiger charge is -2.37. The maximum atomic E-state index is 13.3. The molecule has 1 aromatic rings. The van der Waals surface area contributed by atoms with Gasteiger partial charge in [0.05, 0.1) is 19.8 Å². The van der Waals surface area contributed by atoms with Gasteiger partial charge in [-0.05, 0) is 56.2 Å². The standard InChI is InChI=1S/C34H50N2O8/c1-4-5-6-7-8-11-27(34(40)44-36-31(37)16-17-32(36)38)33(39)43-26-18-20-35(23-26)28-12-9-10-13-29(28)42-21-19-25-15-14-24(2)30(22-25)41-3/h14-15,22,26-29H,4-13,16-21,23H2,1-3H3/t26-,27?,28-,29-/m1/s1. The summed E-state index contributed by atoms with van der Waals surface area (Å²) in [4.78, 5) is 57.9. The number of carbonyl (C=O) groups excluding carboxylic acids is 4. The quantitative estimate of drug-likeness (QED) is 0.109. The van der Waals surface area contributed by atoms with Gasteiger partial charge in [0.2, 0.25) is 0 Å². The Labute approximate surface area is 261 Å². The first-order valence-electron chi connectivity index (χ1n) is 16.6. The Balaban J connectivity index is 1.30. The number of hydrogen-bond acceptors (Lipinski definition) is 9. The third-order valence-corrected chi connectivity index (χ3v) is 9.14. The molecule has 4 rings (SSSR count). The van der Waals surface area contributed by atoms with Crippen molar-refractivity contribution in [3.8, 4) is 5.75 Å². The molecule has 2 aliphatic heterocycles. The number of ether oxygens (including phenoxy) is 3. The zero-order chi connectivity index (χ0) is 31.5. The zero-order valence-electron chi connectivity index (χ0n) is 26.7. The molecule has 44 heavy (non-hydrogen) atoms. The predicted molar refractivity (Wildman–Crippen MR) is 164 cm³/mol. The second-order valence-electron chi connectivity index (χ2n) is 12.4. The third-order valence-electron chi connectivity index (χ3n) is 9.14. The van der Waals surface area contributed by atoms with Gasteiger partial charge in [0.1, 0.15) is 11.9 Å². The normalized spacial score (nSPS) is 23.2. The maximum Gasteiger partial charge on any atom is 0.347 e. The molecule has 1 saturated carbocycles. The van der Waals surface area contributed by atoms with Crippen LogP contribution < -0.4 is 4.74 Å². The van der Waals surface area contributed by atoms with Gasteiger partial charge in [-0.15, -0.1) is 5.06 Å². The van der Waals surface area contributed by atoms with Crippen molar-refractivity contribution < 1.29 is 38.2 Å². The number of carbonyl (C=O) groups is 4. The highest BCUT2D eigenvalue weighted by molar-refractivity contribution is 6.03. The fourth-order valence-corrected chi connectivity index (χ4v) is 6.53. The number of nitrogens with zero attached hydrogens (tertiary/aromatic N) is 2.